The molecule has 1 atom stereocenters. The van der Waals surface area contributed by atoms with Crippen LogP contribution in [-0.2, 0) is 11.3 Å². The smallest absolute Gasteiger partial charge is 0.247 e. The number of aromatic nitrogens is 2. The number of rotatable bonds is 7. The second-order valence-electron chi connectivity index (χ2n) is 10.5. The molecule has 6 heteroatoms. The molecule has 0 bridgehead atoms. The number of nitrogens with zero attached hydrogens (tertiary/aromatic N) is 2. The molecule has 1 unspecified atom stereocenters. The van der Waals surface area contributed by atoms with Crippen LogP contribution < -0.4 is 10.1 Å². The fourth-order valence-electron chi connectivity index (χ4n) is 5.56. The molecule has 1 aromatic heterocycles. The van der Waals surface area contributed by atoms with Crippen LogP contribution in [0, 0.1) is 0 Å². The average Bonchev–Trinajstić information content (AvgIpc) is 3.55. The number of hydrogen-bond donors (Lipinski definition) is 2. The number of aromatic amines is 1. The fourth-order valence-corrected chi connectivity index (χ4v) is 5.56. The van der Waals surface area contributed by atoms with Crippen molar-refractivity contribution < 1.29 is 9.53 Å². The van der Waals surface area contributed by atoms with Gasteiger partial charge >= 0.3 is 0 Å². The Labute approximate surface area is 229 Å². The molecule has 2 saturated heterocycles. The molecule has 6 nitrogen and oxygen atoms in total. The zero-order chi connectivity index (χ0) is 26.6. The number of nitrogens with one attached hydrogen (secondary N) is 2. The van der Waals surface area contributed by atoms with Gasteiger partial charge in [-0.2, -0.15) is 5.10 Å². The minimum atomic E-state index is -0.0506. The Balaban J connectivity index is 1.13. The van der Waals surface area contributed by atoms with Crippen LogP contribution in [0.2, 0.25) is 0 Å². The summed E-state index contributed by atoms with van der Waals surface area (Å²) < 4.78 is 5.34. The van der Waals surface area contributed by atoms with E-state index < -0.39 is 0 Å². The molecule has 0 aliphatic carbocycles. The second kappa shape index (κ2) is 11.3. The van der Waals surface area contributed by atoms with Crippen LogP contribution in [0.25, 0.3) is 29.1 Å². The highest BCUT2D eigenvalue weighted by Gasteiger charge is 2.27. The van der Waals surface area contributed by atoms with Gasteiger partial charge in [-0.3, -0.25) is 14.8 Å². The summed E-state index contributed by atoms with van der Waals surface area (Å²) in [6, 6.07) is 22.8. The van der Waals surface area contributed by atoms with Crippen LogP contribution in [0.5, 0.6) is 5.75 Å². The molecule has 4 aromatic rings. The molecule has 1 amide bonds. The Morgan fingerprint density at radius 2 is 1.79 bits per heavy atom. The fraction of sp³-hybridized carbons (Fsp3) is 0.273. The van der Waals surface area contributed by atoms with Gasteiger partial charge < -0.3 is 10.1 Å². The molecule has 2 aliphatic rings. The number of H-pyrrole nitrogens is 1. The topological polar surface area (TPSA) is 70.2 Å². The predicted octanol–water partition coefficient (Wildman–Crippen LogP) is 6.37. The highest BCUT2D eigenvalue weighted by Crippen LogP contribution is 2.31. The standard InChI is InChI=1S/C33H34N4O2/c1-39-28-7-5-6-26(20-28)31-21-27(33(38)34-31)18-25-12-14-29-30(35-36-32(29)19-25)15-13-23-8-10-24(11-9-23)22-37-16-3-2-4-17-37/h5-15,18-20,31H,2-4,16-17,21-22H2,1H3,(H,34,38)(H,35,36)/b15-13+,27-18+. The zero-order valence-electron chi connectivity index (χ0n) is 22.3. The summed E-state index contributed by atoms with van der Waals surface area (Å²) in [5.41, 5.74) is 7.16. The van der Waals surface area contributed by atoms with E-state index in [0.29, 0.717) is 6.42 Å². The van der Waals surface area contributed by atoms with E-state index in [1.54, 1.807) is 7.11 Å². The largest absolute Gasteiger partial charge is 0.497 e. The summed E-state index contributed by atoms with van der Waals surface area (Å²) in [7, 11) is 1.65. The molecule has 39 heavy (non-hydrogen) atoms. The number of likely N-dealkylation sites (tertiary alicyclic amines) is 1. The van der Waals surface area contributed by atoms with Gasteiger partial charge in [-0.1, -0.05) is 55.0 Å². The highest BCUT2D eigenvalue weighted by molar-refractivity contribution is 6.01. The molecule has 6 rings (SSSR count). The molecule has 3 heterocycles. The second-order valence-corrected chi connectivity index (χ2v) is 10.5. The molecule has 0 saturated carbocycles. The quantitative estimate of drug-likeness (QED) is 0.279. The van der Waals surface area contributed by atoms with Crippen LogP contribution in [0.15, 0.2) is 72.3 Å². The molecular formula is C33H34N4O2. The number of methoxy groups -OCH3 is 1. The Hall–Kier alpha value is -4.16. The summed E-state index contributed by atoms with van der Waals surface area (Å²) in [6.07, 6.45) is 10.8. The van der Waals surface area contributed by atoms with E-state index in [1.165, 1.54) is 37.9 Å². The number of hydrogen-bond acceptors (Lipinski definition) is 4. The first-order valence-electron chi connectivity index (χ1n) is 13.8. The van der Waals surface area contributed by atoms with E-state index in [1.807, 2.05) is 42.5 Å². The lowest BCUT2D eigenvalue weighted by atomic mass is 10.0. The molecular weight excluding hydrogens is 484 g/mol. The van der Waals surface area contributed by atoms with Crippen molar-refractivity contribution in [3.63, 3.8) is 0 Å². The first-order valence-corrected chi connectivity index (χ1v) is 13.8. The van der Waals surface area contributed by atoms with E-state index in [9.17, 15) is 4.79 Å². The minimum absolute atomic E-state index is 0.0295. The average molecular weight is 519 g/mol. The lowest BCUT2D eigenvalue weighted by Gasteiger charge is -2.26. The van der Waals surface area contributed by atoms with Crippen molar-refractivity contribution in [3.05, 3.63) is 100 Å². The highest BCUT2D eigenvalue weighted by atomic mass is 16.5. The summed E-state index contributed by atoms with van der Waals surface area (Å²) in [5.74, 6) is 0.761. The Morgan fingerprint density at radius 3 is 2.62 bits per heavy atom. The van der Waals surface area contributed by atoms with Crippen LogP contribution in [-0.4, -0.2) is 41.2 Å². The Bertz CT molecular complexity index is 1530. The number of fused-ring (bicyclic) bond motifs is 1. The number of amides is 1. The summed E-state index contributed by atoms with van der Waals surface area (Å²) in [5, 5.41) is 11.8. The molecule has 2 fully saturated rings. The van der Waals surface area contributed by atoms with Crippen molar-refractivity contribution in [2.75, 3.05) is 20.2 Å². The Morgan fingerprint density at radius 1 is 0.974 bits per heavy atom. The van der Waals surface area contributed by atoms with E-state index in [2.05, 4.69) is 62.9 Å². The molecule has 2 aliphatic heterocycles. The summed E-state index contributed by atoms with van der Waals surface area (Å²) in [4.78, 5) is 15.2. The third-order valence-corrected chi connectivity index (χ3v) is 7.74. The molecule has 2 N–H and O–H groups in total. The number of ether oxygens (including phenoxy) is 1. The molecule has 198 valence electrons. The lowest BCUT2D eigenvalue weighted by molar-refractivity contribution is -0.116. The van der Waals surface area contributed by atoms with Gasteiger partial charge in [0.1, 0.15) is 5.75 Å². The van der Waals surface area contributed by atoms with Gasteiger partial charge in [-0.25, -0.2) is 0 Å². The number of benzene rings is 3. The first kappa shape index (κ1) is 25.1. The van der Waals surface area contributed by atoms with Crippen molar-refractivity contribution in [2.24, 2.45) is 0 Å². The van der Waals surface area contributed by atoms with Gasteiger partial charge in [0.05, 0.1) is 24.4 Å². The predicted molar refractivity (Wildman–Crippen MR) is 157 cm³/mol. The lowest BCUT2D eigenvalue weighted by Crippen LogP contribution is -2.28. The third-order valence-electron chi connectivity index (χ3n) is 7.74. The van der Waals surface area contributed by atoms with Crippen LogP contribution in [0.3, 0.4) is 0 Å². The van der Waals surface area contributed by atoms with Gasteiger partial charge in [0.15, 0.2) is 0 Å². The number of piperidine rings is 1. The SMILES string of the molecule is COc1cccc(C2C/C(=C\c3ccc4c(/C=C/c5ccc(CN6CCCCC6)cc5)n[nH]c4c3)C(=O)N2)c1. The van der Waals surface area contributed by atoms with Crippen molar-refractivity contribution in [2.45, 2.75) is 38.3 Å². The maximum absolute atomic E-state index is 12.7. The molecule has 0 spiro atoms. The molecule has 0 radical (unpaired) electrons. The van der Waals surface area contributed by atoms with E-state index in [-0.39, 0.29) is 11.9 Å². The van der Waals surface area contributed by atoms with E-state index in [4.69, 9.17) is 4.74 Å². The van der Waals surface area contributed by atoms with Crippen LogP contribution >= 0.6 is 0 Å². The van der Waals surface area contributed by atoms with Gasteiger partial charge in [-0.15, -0.1) is 0 Å². The van der Waals surface area contributed by atoms with Gasteiger partial charge in [0.2, 0.25) is 5.91 Å². The Kier molecular flexibility index (Phi) is 7.28. The van der Waals surface area contributed by atoms with Gasteiger partial charge in [0.25, 0.3) is 0 Å². The van der Waals surface area contributed by atoms with Crippen LogP contribution in [0.4, 0.5) is 0 Å². The van der Waals surface area contributed by atoms with E-state index in [0.717, 1.165) is 51.2 Å². The number of carbonyl (C=O) groups is 1. The zero-order valence-corrected chi connectivity index (χ0v) is 22.3. The third kappa shape index (κ3) is 5.81. The van der Waals surface area contributed by atoms with Gasteiger partial charge in [-0.05, 0) is 84.6 Å². The van der Waals surface area contributed by atoms with Gasteiger partial charge in [0, 0.05) is 23.9 Å². The molecule has 3 aromatic carbocycles. The normalized spacial score (nSPS) is 19.3. The van der Waals surface area contributed by atoms with Crippen molar-refractivity contribution in [3.8, 4) is 5.75 Å². The van der Waals surface area contributed by atoms with E-state index >= 15 is 0 Å². The maximum atomic E-state index is 12.7. The van der Waals surface area contributed by atoms with Crippen molar-refractivity contribution in [1.29, 1.82) is 0 Å². The minimum Gasteiger partial charge on any atom is -0.497 e. The van der Waals surface area contributed by atoms with Crippen LogP contribution in [0.1, 0.15) is 59.7 Å². The summed E-state index contributed by atoms with van der Waals surface area (Å²) in [6.45, 7) is 3.46. The maximum Gasteiger partial charge on any atom is 0.247 e. The summed E-state index contributed by atoms with van der Waals surface area (Å²) >= 11 is 0. The van der Waals surface area contributed by atoms with Crippen molar-refractivity contribution in [1.82, 2.24) is 20.4 Å². The first-order chi connectivity index (χ1) is 19.1. The monoisotopic (exact) mass is 518 g/mol. The van der Waals surface area contributed by atoms with Crippen molar-refractivity contribution >= 4 is 35.0 Å². The number of carbonyl (C=O) groups excluding carboxylic acids is 1.